The number of nitrogens with one attached hydrogen (secondary N) is 1. The standard InChI is InChI=1S/C27H34N4O5/c1-6-36-27(34)25(28)24(19(4)29-20-9-13-23(35-5)14-10-20)15-16-31(17-32)22-11-7-21(8-12-22)30-26(33)18(2)3/h7-14,17-18H,6,15-16,28H2,1-5H3,(H,30,33). The normalized spacial score (nSPS) is 12.0. The SMILES string of the molecule is CCOC(=O)C(N)=C(CCN(C=O)c1ccc(NC(=O)C(C)C)cc1)C(C)=Nc1ccc(OC)cc1. The molecular weight excluding hydrogens is 460 g/mol. The molecule has 0 spiro atoms. The van der Waals surface area contributed by atoms with E-state index in [1.807, 2.05) is 13.8 Å². The molecule has 2 amide bonds. The van der Waals surface area contributed by atoms with Crippen LogP contribution >= 0.6 is 0 Å². The summed E-state index contributed by atoms with van der Waals surface area (Å²) < 4.78 is 10.3. The van der Waals surface area contributed by atoms with E-state index in [4.69, 9.17) is 15.2 Å². The number of rotatable bonds is 12. The van der Waals surface area contributed by atoms with Crippen LogP contribution in [0.4, 0.5) is 17.1 Å². The summed E-state index contributed by atoms with van der Waals surface area (Å²) in [5.41, 5.74) is 9.05. The lowest BCUT2D eigenvalue weighted by atomic mass is 10.0. The van der Waals surface area contributed by atoms with Gasteiger partial charge >= 0.3 is 5.97 Å². The molecule has 0 saturated heterocycles. The van der Waals surface area contributed by atoms with Crippen LogP contribution in [0.15, 0.2) is 64.8 Å². The molecule has 0 aliphatic heterocycles. The summed E-state index contributed by atoms with van der Waals surface area (Å²) in [5.74, 6) is -0.177. The number of nitrogens with two attached hydrogens (primary N) is 1. The highest BCUT2D eigenvalue weighted by Gasteiger charge is 2.18. The topological polar surface area (TPSA) is 123 Å². The third-order valence-electron chi connectivity index (χ3n) is 5.35. The van der Waals surface area contributed by atoms with Gasteiger partial charge in [-0.25, -0.2) is 4.79 Å². The molecule has 36 heavy (non-hydrogen) atoms. The van der Waals surface area contributed by atoms with Crippen molar-refractivity contribution in [1.82, 2.24) is 0 Å². The molecule has 0 radical (unpaired) electrons. The van der Waals surface area contributed by atoms with Crippen molar-refractivity contribution in [3.05, 3.63) is 59.8 Å². The number of carbonyl (C=O) groups excluding carboxylic acids is 3. The van der Waals surface area contributed by atoms with Crippen LogP contribution < -0.4 is 20.7 Å². The lowest BCUT2D eigenvalue weighted by Gasteiger charge is -2.20. The van der Waals surface area contributed by atoms with Crippen LogP contribution in [0.5, 0.6) is 5.75 Å². The molecule has 2 aromatic carbocycles. The Morgan fingerprint density at radius 2 is 1.75 bits per heavy atom. The Kier molecular flexibility index (Phi) is 10.7. The maximum absolute atomic E-state index is 12.4. The zero-order valence-corrected chi connectivity index (χ0v) is 21.4. The van der Waals surface area contributed by atoms with Gasteiger partial charge in [0.2, 0.25) is 12.3 Å². The van der Waals surface area contributed by atoms with E-state index in [0.29, 0.717) is 40.5 Å². The molecule has 0 bridgehead atoms. The molecule has 9 nitrogen and oxygen atoms in total. The average Bonchev–Trinajstić information content (AvgIpc) is 2.87. The van der Waals surface area contributed by atoms with Gasteiger partial charge in [-0.3, -0.25) is 14.6 Å². The molecule has 3 N–H and O–H groups in total. The van der Waals surface area contributed by atoms with Gasteiger partial charge < -0.3 is 25.4 Å². The number of hydrogen-bond acceptors (Lipinski definition) is 7. The maximum atomic E-state index is 12.4. The number of amides is 2. The average molecular weight is 495 g/mol. The van der Waals surface area contributed by atoms with Crippen LogP contribution in [0.1, 0.15) is 34.1 Å². The largest absolute Gasteiger partial charge is 0.497 e. The number of methoxy groups -OCH3 is 1. The van der Waals surface area contributed by atoms with Crippen LogP contribution in [0, 0.1) is 5.92 Å². The first-order valence-corrected chi connectivity index (χ1v) is 11.7. The number of esters is 1. The fourth-order valence-corrected chi connectivity index (χ4v) is 3.26. The zero-order chi connectivity index (χ0) is 26.7. The quantitative estimate of drug-likeness (QED) is 0.197. The molecule has 0 aromatic heterocycles. The lowest BCUT2D eigenvalue weighted by Crippen LogP contribution is -2.26. The summed E-state index contributed by atoms with van der Waals surface area (Å²) in [7, 11) is 1.58. The zero-order valence-electron chi connectivity index (χ0n) is 21.4. The Morgan fingerprint density at radius 1 is 1.11 bits per heavy atom. The maximum Gasteiger partial charge on any atom is 0.354 e. The van der Waals surface area contributed by atoms with Gasteiger partial charge in [0, 0.05) is 35.1 Å². The summed E-state index contributed by atoms with van der Waals surface area (Å²) in [6, 6.07) is 14.1. The summed E-state index contributed by atoms with van der Waals surface area (Å²) in [5, 5.41) is 2.82. The second kappa shape index (κ2) is 13.7. The van der Waals surface area contributed by atoms with E-state index in [9.17, 15) is 14.4 Å². The molecule has 0 fully saturated rings. The molecule has 0 saturated carbocycles. The minimum Gasteiger partial charge on any atom is -0.497 e. The summed E-state index contributed by atoms with van der Waals surface area (Å²) in [6.07, 6.45) is 0.969. The van der Waals surface area contributed by atoms with Crippen molar-refractivity contribution in [2.45, 2.75) is 34.1 Å². The molecular formula is C27H34N4O5. The van der Waals surface area contributed by atoms with Gasteiger partial charge in [0.05, 0.1) is 19.4 Å². The van der Waals surface area contributed by atoms with Crippen molar-refractivity contribution >= 4 is 41.1 Å². The van der Waals surface area contributed by atoms with Gasteiger partial charge in [-0.2, -0.15) is 0 Å². The highest BCUT2D eigenvalue weighted by molar-refractivity contribution is 6.06. The summed E-state index contributed by atoms with van der Waals surface area (Å²) in [6.45, 7) is 7.50. The predicted molar refractivity (Wildman–Crippen MR) is 142 cm³/mol. The fraction of sp³-hybridized carbons (Fsp3) is 0.333. The Balaban J connectivity index is 2.26. The van der Waals surface area contributed by atoms with E-state index in [1.54, 1.807) is 69.5 Å². The number of anilines is 2. The van der Waals surface area contributed by atoms with Gasteiger partial charge in [0.1, 0.15) is 11.4 Å². The Morgan fingerprint density at radius 3 is 2.28 bits per heavy atom. The second-order valence-electron chi connectivity index (χ2n) is 8.25. The molecule has 0 aliphatic carbocycles. The highest BCUT2D eigenvalue weighted by Crippen LogP contribution is 2.22. The molecule has 0 heterocycles. The Hall–Kier alpha value is -4.14. The number of ether oxygens (including phenoxy) is 2. The summed E-state index contributed by atoms with van der Waals surface area (Å²) in [4.78, 5) is 42.3. The van der Waals surface area contributed by atoms with E-state index in [2.05, 4.69) is 10.3 Å². The molecule has 2 rings (SSSR count). The van der Waals surface area contributed by atoms with E-state index in [1.165, 1.54) is 4.90 Å². The number of aliphatic imine (C=N–C) groups is 1. The number of benzene rings is 2. The van der Waals surface area contributed by atoms with Crippen molar-refractivity contribution < 1.29 is 23.9 Å². The molecule has 192 valence electrons. The summed E-state index contributed by atoms with van der Waals surface area (Å²) >= 11 is 0. The highest BCUT2D eigenvalue weighted by atomic mass is 16.5. The second-order valence-corrected chi connectivity index (χ2v) is 8.25. The minimum atomic E-state index is -0.639. The van der Waals surface area contributed by atoms with Crippen molar-refractivity contribution in [1.29, 1.82) is 0 Å². The van der Waals surface area contributed by atoms with E-state index in [0.717, 1.165) is 0 Å². The van der Waals surface area contributed by atoms with Crippen molar-refractivity contribution in [3.8, 4) is 5.75 Å². The van der Waals surface area contributed by atoms with Gasteiger partial charge in [-0.1, -0.05) is 13.8 Å². The van der Waals surface area contributed by atoms with Gasteiger partial charge in [0.15, 0.2) is 0 Å². The number of nitrogens with zero attached hydrogens (tertiary/aromatic N) is 2. The van der Waals surface area contributed by atoms with Crippen molar-refractivity contribution in [3.63, 3.8) is 0 Å². The van der Waals surface area contributed by atoms with Gasteiger partial charge in [-0.05, 0) is 68.8 Å². The lowest BCUT2D eigenvalue weighted by molar-refractivity contribution is -0.138. The number of carbonyl (C=O) groups is 3. The molecule has 0 unspecified atom stereocenters. The third kappa shape index (κ3) is 7.97. The fourth-order valence-electron chi connectivity index (χ4n) is 3.26. The van der Waals surface area contributed by atoms with Crippen molar-refractivity contribution in [2.24, 2.45) is 16.6 Å². The Bertz CT molecular complexity index is 1110. The first kappa shape index (κ1) is 28.1. The van der Waals surface area contributed by atoms with Crippen LogP contribution in [-0.4, -0.2) is 44.3 Å². The van der Waals surface area contributed by atoms with E-state index >= 15 is 0 Å². The van der Waals surface area contributed by atoms with Crippen LogP contribution in [-0.2, 0) is 19.1 Å². The monoisotopic (exact) mass is 494 g/mol. The van der Waals surface area contributed by atoms with Gasteiger partial charge in [0.25, 0.3) is 0 Å². The molecule has 0 atom stereocenters. The van der Waals surface area contributed by atoms with Crippen molar-refractivity contribution in [2.75, 3.05) is 30.5 Å². The minimum absolute atomic E-state index is 0.0517. The smallest absolute Gasteiger partial charge is 0.354 e. The predicted octanol–water partition coefficient (Wildman–Crippen LogP) is 4.21. The van der Waals surface area contributed by atoms with Crippen LogP contribution in [0.2, 0.25) is 0 Å². The van der Waals surface area contributed by atoms with E-state index < -0.39 is 5.97 Å². The van der Waals surface area contributed by atoms with Gasteiger partial charge in [-0.15, -0.1) is 0 Å². The van der Waals surface area contributed by atoms with Crippen LogP contribution in [0.3, 0.4) is 0 Å². The number of hydrogen-bond donors (Lipinski definition) is 2. The van der Waals surface area contributed by atoms with Crippen LogP contribution in [0.25, 0.3) is 0 Å². The third-order valence-corrected chi connectivity index (χ3v) is 5.35. The van der Waals surface area contributed by atoms with E-state index in [-0.39, 0.29) is 37.1 Å². The Labute approximate surface area is 212 Å². The first-order valence-electron chi connectivity index (χ1n) is 11.7. The molecule has 0 aliphatic rings. The molecule has 2 aromatic rings. The first-order chi connectivity index (χ1) is 17.2. The molecule has 9 heteroatoms.